The summed E-state index contributed by atoms with van der Waals surface area (Å²) in [5.41, 5.74) is 7.42. The molecule has 0 aromatic carbocycles. The molecule has 0 aliphatic rings. The number of hydrogen-bond acceptors (Lipinski definition) is 3. The maximum atomic E-state index is 7.46. The van der Waals surface area contributed by atoms with Crippen LogP contribution in [0.5, 0.6) is 0 Å². The van der Waals surface area contributed by atoms with Gasteiger partial charge in [0.2, 0.25) is 0 Å². The minimum atomic E-state index is -0.0262. The highest BCUT2D eigenvalue weighted by Crippen LogP contribution is 2.18. The van der Waals surface area contributed by atoms with Crippen molar-refractivity contribution in [3.63, 3.8) is 0 Å². The number of nitrogens with two attached hydrogens (primary N) is 1. The number of amidine groups is 1. The number of aryl methyl sites for hydroxylation is 1. The summed E-state index contributed by atoms with van der Waals surface area (Å²) >= 11 is 5.92. The summed E-state index contributed by atoms with van der Waals surface area (Å²) in [7, 11) is 0. The molecule has 3 N–H and O–H groups in total. The van der Waals surface area contributed by atoms with E-state index in [0.717, 1.165) is 5.69 Å². The molecule has 82 valence electrons. The second kappa shape index (κ2) is 3.94. The summed E-state index contributed by atoms with van der Waals surface area (Å²) in [5, 5.41) is 12.2. The fourth-order valence-electron chi connectivity index (χ4n) is 1.36. The van der Waals surface area contributed by atoms with Crippen LogP contribution in [0.3, 0.4) is 0 Å². The van der Waals surface area contributed by atoms with E-state index in [1.807, 2.05) is 6.92 Å². The van der Waals surface area contributed by atoms with E-state index in [4.69, 9.17) is 22.7 Å². The topological polar surface area (TPSA) is 80.6 Å². The molecule has 2 aromatic rings. The second-order valence-electron chi connectivity index (χ2n) is 3.31. The van der Waals surface area contributed by atoms with E-state index >= 15 is 0 Å². The van der Waals surface area contributed by atoms with Crippen molar-refractivity contribution in [2.45, 2.75) is 6.92 Å². The van der Waals surface area contributed by atoms with Gasteiger partial charge in [-0.25, -0.2) is 4.68 Å². The van der Waals surface area contributed by atoms with Crippen LogP contribution in [0, 0.1) is 12.3 Å². The third-order valence-corrected chi connectivity index (χ3v) is 2.55. The Balaban J connectivity index is 2.59. The summed E-state index contributed by atoms with van der Waals surface area (Å²) in [6, 6.07) is 1.67. The van der Waals surface area contributed by atoms with Gasteiger partial charge in [-0.2, -0.15) is 5.10 Å². The van der Waals surface area contributed by atoms with Crippen LogP contribution in [0.1, 0.15) is 11.3 Å². The number of nitrogens with one attached hydrogen (secondary N) is 1. The van der Waals surface area contributed by atoms with Crippen LogP contribution in [0.4, 0.5) is 0 Å². The third-order valence-electron chi connectivity index (χ3n) is 2.18. The predicted octanol–water partition coefficient (Wildman–Crippen LogP) is 1.51. The molecule has 2 heterocycles. The Morgan fingerprint density at radius 3 is 2.88 bits per heavy atom. The average molecular weight is 236 g/mol. The van der Waals surface area contributed by atoms with Gasteiger partial charge in [0.25, 0.3) is 0 Å². The quantitative estimate of drug-likeness (QED) is 0.612. The molecule has 0 aliphatic heterocycles. The molecule has 2 aromatic heterocycles. The maximum Gasteiger partial charge on any atom is 0.125 e. The Kier molecular flexibility index (Phi) is 2.62. The van der Waals surface area contributed by atoms with Crippen LogP contribution in [-0.4, -0.2) is 20.6 Å². The zero-order chi connectivity index (χ0) is 11.7. The molecule has 0 fully saturated rings. The van der Waals surface area contributed by atoms with E-state index in [9.17, 15) is 0 Å². The van der Waals surface area contributed by atoms with Crippen molar-refractivity contribution in [3.05, 3.63) is 40.9 Å². The zero-order valence-electron chi connectivity index (χ0n) is 8.61. The van der Waals surface area contributed by atoms with Crippen molar-refractivity contribution < 1.29 is 0 Å². The zero-order valence-corrected chi connectivity index (χ0v) is 9.36. The van der Waals surface area contributed by atoms with Crippen LogP contribution in [0.15, 0.2) is 24.7 Å². The van der Waals surface area contributed by atoms with Crippen LogP contribution in [0.2, 0.25) is 5.02 Å². The van der Waals surface area contributed by atoms with Crippen molar-refractivity contribution in [2.24, 2.45) is 5.73 Å². The molecular formula is C10H10ClN5. The van der Waals surface area contributed by atoms with E-state index in [1.165, 1.54) is 0 Å². The van der Waals surface area contributed by atoms with Crippen molar-refractivity contribution in [2.75, 3.05) is 0 Å². The third kappa shape index (κ3) is 1.77. The molecule has 5 nitrogen and oxygen atoms in total. The molecule has 0 unspecified atom stereocenters. The number of halogens is 1. The first-order valence-corrected chi connectivity index (χ1v) is 4.98. The first-order valence-electron chi connectivity index (χ1n) is 4.60. The highest BCUT2D eigenvalue weighted by molar-refractivity contribution is 6.31. The monoisotopic (exact) mass is 235 g/mol. The Morgan fingerprint density at radius 1 is 1.56 bits per heavy atom. The highest BCUT2D eigenvalue weighted by Gasteiger charge is 2.10. The van der Waals surface area contributed by atoms with Crippen molar-refractivity contribution in [1.82, 2.24) is 14.8 Å². The largest absolute Gasteiger partial charge is 0.384 e. The number of pyridine rings is 1. The fourth-order valence-corrected chi connectivity index (χ4v) is 1.49. The minimum absolute atomic E-state index is 0.0262. The summed E-state index contributed by atoms with van der Waals surface area (Å²) in [4.78, 5) is 3.99. The second-order valence-corrected chi connectivity index (χ2v) is 3.72. The number of aromatic nitrogens is 3. The number of rotatable bonds is 2. The predicted molar refractivity (Wildman–Crippen MR) is 62.1 cm³/mol. The molecule has 0 aliphatic carbocycles. The van der Waals surface area contributed by atoms with E-state index in [2.05, 4.69) is 10.1 Å². The van der Waals surface area contributed by atoms with Gasteiger partial charge in [-0.1, -0.05) is 11.6 Å². The number of hydrogen-bond donors (Lipinski definition) is 2. The van der Waals surface area contributed by atoms with Crippen molar-refractivity contribution >= 4 is 17.4 Å². The molecule has 0 bridgehead atoms. The highest BCUT2D eigenvalue weighted by atomic mass is 35.5. The molecule has 6 heteroatoms. The maximum absolute atomic E-state index is 7.46. The average Bonchev–Trinajstić information content (AvgIpc) is 2.59. The van der Waals surface area contributed by atoms with E-state index in [1.54, 1.807) is 29.3 Å². The number of nitrogens with zero attached hydrogens (tertiary/aromatic N) is 3. The minimum Gasteiger partial charge on any atom is -0.384 e. The lowest BCUT2D eigenvalue weighted by Crippen LogP contribution is -2.15. The van der Waals surface area contributed by atoms with Gasteiger partial charge < -0.3 is 5.73 Å². The van der Waals surface area contributed by atoms with Gasteiger partial charge in [0.1, 0.15) is 5.84 Å². The van der Waals surface area contributed by atoms with Gasteiger partial charge in [-0.15, -0.1) is 0 Å². The summed E-state index contributed by atoms with van der Waals surface area (Å²) in [5.74, 6) is -0.0262. The van der Waals surface area contributed by atoms with Crippen LogP contribution in [0.25, 0.3) is 5.69 Å². The molecule has 0 saturated heterocycles. The molecule has 0 atom stereocenters. The lowest BCUT2D eigenvalue weighted by molar-refractivity contribution is 0.854. The van der Waals surface area contributed by atoms with E-state index in [0.29, 0.717) is 16.3 Å². The standard InChI is InChI=1S/C10H10ClN5/c1-6-8(11)5-16(15-6)9-4-14-3-2-7(9)10(12)13/h2-5H,1H3,(H3,12,13). The van der Waals surface area contributed by atoms with Crippen molar-refractivity contribution in [3.8, 4) is 5.69 Å². The number of nitrogen functional groups attached to an aromatic ring is 1. The molecular weight excluding hydrogens is 226 g/mol. The molecule has 2 rings (SSSR count). The van der Waals surface area contributed by atoms with Gasteiger partial charge in [0, 0.05) is 18.0 Å². The van der Waals surface area contributed by atoms with Crippen LogP contribution < -0.4 is 5.73 Å². The van der Waals surface area contributed by atoms with Gasteiger partial charge in [0.15, 0.2) is 0 Å². The lowest BCUT2D eigenvalue weighted by Gasteiger charge is -2.06. The molecule has 16 heavy (non-hydrogen) atoms. The van der Waals surface area contributed by atoms with Crippen LogP contribution >= 0.6 is 11.6 Å². The summed E-state index contributed by atoms with van der Waals surface area (Å²) < 4.78 is 1.57. The van der Waals surface area contributed by atoms with E-state index in [-0.39, 0.29) is 5.84 Å². The molecule has 0 amide bonds. The van der Waals surface area contributed by atoms with E-state index < -0.39 is 0 Å². The summed E-state index contributed by atoms with van der Waals surface area (Å²) in [6.07, 6.45) is 4.85. The Bertz CT molecular complexity index is 526. The Hall–Kier alpha value is -1.88. The normalized spacial score (nSPS) is 10.4. The lowest BCUT2D eigenvalue weighted by atomic mass is 10.2. The Labute approximate surface area is 97.4 Å². The first-order chi connectivity index (χ1) is 7.59. The van der Waals surface area contributed by atoms with Crippen molar-refractivity contribution in [1.29, 1.82) is 5.41 Å². The molecule has 0 radical (unpaired) electrons. The SMILES string of the molecule is Cc1nn(-c2cnccc2C(=N)N)cc1Cl. The molecule has 0 spiro atoms. The van der Waals surface area contributed by atoms with Crippen LogP contribution in [-0.2, 0) is 0 Å². The molecule has 0 saturated carbocycles. The summed E-state index contributed by atoms with van der Waals surface area (Å²) in [6.45, 7) is 1.81. The first kappa shape index (κ1) is 10.6. The van der Waals surface area contributed by atoms with Gasteiger partial charge in [-0.3, -0.25) is 10.4 Å². The Morgan fingerprint density at radius 2 is 2.31 bits per heavy atom. The van der Waals surface area contributed by atoms with Gasteiger partial charge in [0.05, 0.1) is 22.6 Å². The smallest absolute Gasteiger partial charge is 0.125 e. The van der Waals surface area contributed by atoms with Gasteiger partial charge in [-0.05, 0) is 13.0 Å². The van der Waals surface area contributed by atoms with Gasteiger partial charge >= 0.3 is 0 Å². The fraction of sp³-hybridized carbons (Fsp3) is 0.100.